The van der Waals surface area contributed by atoms with Crippen LogP contribution in [0, 0.1) is 0 Å². The predicted molar refractivity (Wildman–Crippen MR) is 34.7 cm³/mol. The Bertz CT molecular complexity index is 136. The van der Waals surface area contributed by atoms with Gasteiger partial charge in [-0.2, -0.15) is 0 Å². The van der Waals surface area contributed by atoms with E-state index in [0.29, 0.717) is 12.9 Å². The maximum absolute atomic E-state index is 10.9. The van der Waals surface area contributed by atoms with Gasteiger partial charge in [0.05, 0.1) is 6.42 Å². The van der Waals surface area contributed by atoms with Gasteiger partial charge in [0.15, 0.2) is 5.78 Å². The summed E-state index contributed by atoms with van der Waals surface area (Å²) in [5.41, 5.74) is 0. The molecule has 1 unspecified atom stereocenters. The molecule has 10 heavy (non-hydrogen) atoms. The van der Waals surface area contributed by atoms with Crippen molar-refractivity contribution in [2.75, 3.05) is 6.61 Å². The average molecular weight is 142 g/mol. The minimum absolute atomic E-state index is 0.00463. The molecule has 3 nitrogen and oxygen atoms in total. The number of Topliss-reactive ketones (excluding diaryl/α,β-unsaturated/α-hetero) is 1. The molecular formula is C7H10O3. The second-order valence-corrected chi connectivity index (χ2v) is 2.34. The highest BCUT2D eigenvalue weighted by Gasteiger charge is 2.22. The summed E-state index contributed by atoms with van der Waals surface area (Å²) in [5.74, 6) is -0.0764. The molecule has 0 spiro atoms. The molecule has 1 aliphatic rings. The van der Waals surface area contributed by atoms with E-state index in [1.54, 1.807) is 0 Å². The fourth-order valence-electron chi connectivity index (χ4n) is 1.05. The van der Waals surface area contributed by atoms with Crippen LogP contribution in [0.4, 0.5) is 0 Å². The van der Waals surface area contributed by atoms with Gasteiger partial charge in [-0.1, -0.05) is 0 Å². The van der Waals surface area contributed by atoms with Gasteiger partial charge in [0.25, 0.3) is 0 Å². The van der Waals surface area contributed by atoms with Gasteiger partial charge in [-0.3, -0.25) is 4.79 Å². The maximum Gasteiger partial charge on any atom is 0.168 e. The first-order chi connectivity index (χ1) is 4.84. The Balaban J connectivity index is 2.32. The molecule has 0 aromatic rings. The van der Waals surface area contributed by atoms with Crippen molar-refractivity contribution in [3.8, 4) is 0 Å². The van der Waals surface area contributed by atoms with Crippen molar-refractivity contribution in [1.82, 2.24) is 0 Å². The van der Waals surface area contributed by atoms with Gasteiger partial charge >= 0.3 is 0 Å². The van der Waals surface area contributed by atoms with Crippen LogP contribution in [0.25, 0.3) is 0 Å². The molecule has 0 radical (unpaired) electrons. The third-order valence-electron chi connectivity index (χ3n) is 1.57. The Morgan fingerprint density at radius 2 is 2.50 bits per heavy atom. The number of ether oxygens (including phenoxy) is 1. The zero-order valence-corrected chi connectivity index (χ0v) is 5.71. The Morgan fingerprint density at radius 3 is 3.00 bits per heavy atom. The molecule has 0 aromatic heterocycles. The molecule has 1 aliphatic heterocycles. The third kappa shape index (κ3) is 1.64. The molecule has 1 atom stereocenters. The Morgan fingerprint density at radius 1 is 1.70 bits per heavy atom. The fourth-order valence-corrected chi connectivity index (χ4v) is 1.05. The van der Waals surface area contributed by atoms with Gasteiger partial charge in [-0.25, -0.2) is 0 Å². The topological polar surface area (TPSA) is 43.4 Å². The fraction of sp³-hybridized carbons (Fsp3) is 0.714. The van der Waals surface area contributed by atoms with Gasteiger partial charge < -0.3 is 9.53 Å². The van der Waals surface area contributed by atoms with Crippen LogP contribution in [-0.4, -0.2) is 24.8 Å². The van der Waals surface area contributed by atoms with Crippen molar-refractivity contribution in [3.05, 3.63) is 0 Å². The lowest BCUT2D eigenvalue weighted by Gasteiger charge is -2.03. The second kappa shape index (κ2) is 3.46. The minimum atomic E-state index is -0.287. The summed E-state index contributed by atoms with van der Waals surface area (Å²) in [4.78, 5) is 20.8. The molecule has 0 aliphatic carbocycles. The van der Waals surface area contributed by atoms with Crippen LogP contribution in [0.15, 0.2) is 0 Å². The normalized spacial score (nSPS) is 24.6. The number of ketones is 1. The Kier molecular flexibility index (Phi) is 2.57. The van der Waals surface area contributed by atoms with Crippen molar-refractivity contribution < 1.29 is 14.3 Å². The minimum Gasteiger partial charge on any atom is -0.370 e. The third-order valence-corrected chi connectivity index (χ3v) is 1.57. The number of rotatable bonds is 3. The lowest BCUT2D eigenvalue weighted by Crippen LogP contribution is -2.19. The number of aldehydes is 1. The van der Waals surface area contributed by atoms with Gasteiger partial charge in [0, 0.05) is 6.61 Å². The summed E-state index contributed by atoms with van der Waals surface area (Å²) >= 11 is 0. The Hall–Kier alpha value is -0.700. The average Bonchev–Trinajstić information content (AvgIpc) is 2.38. The van der Waals surface area contributed by atoms with Crippen LogP contribution < -0.4 is 0 Å². The van der Waals surface area contributed by atoms with E-state index in [1.165, 1.54) is 0 Å². The van der Waals surface area contributed by atoms with Gasteiger partial charge in [-0.05, 0) is 12.8 Å². The summed E-state index contributed by atoms with van der Waals surface area (Å²) < 4.78 is 5.06. The predicted octanol–water partition coefficient (Wildman–Crippen LogP) is 0.323. The van der Waals surface area contributed by atoms with Crippen LogP contribution >= 0.6 is 0 Å². The number of hydrogen-bond donors (Lipinski definition) is 0. The first-order valence-corrected chi connectivity index (χ1v) is 3.42. The zero-order chi connectivity index (χ0) is 7.40. The van der Waals surface area contributed by atoms with Gasteiger partial charge in [0.2, 0.25) is 0 Å². The molecule has 1 fully saturated rings. The molecule has 0 amide bonds. The first-order valence-electron chi connectivity index (χ1n) is 3.42. The largest absolute Gasteiger partial charge is 0.370 e. The van der Waals surface area contributed by atoms with Gasteiger partial charge in [0.1, 0.15) is 12.4 Å². The van der Waals surface area contributed by atoms with E-state index in [-0.39, 0.29) is 18.3 Å². The van der Waals surface area contributed by atoms with Crippen molar-refractivity contribution in [2.24, 2.45) is 0 Å². The lowest BCUT2D eigenvalue weighted by molar-refractivity contribution is -0.129. The van der Waals surface area contributed by atoms with Crippen molar-refractivity contribution in [3.63, 3.8) is 0 Å². The van der Waals surface area contributed by atoms with E-state index < -0.39 is 0 Å². The summed E-state index contributed by atoms with van der Waals surface area (Å²) in [6.07, 6.45) is 2.07. The molecule has 56 valence electrons. The zero-order valence-electron chi connectivity index (χ0n) is 5.71. The lowest BCUT2D eigenvalue weighted by atomic mass is 10.1. The van der Waals surface area contributed by atoms with E-state index in [0.717, 1.165) is 12.8 Å². The van der Waals surface area contributed by atoms with E-state index in [4.69, 9.17) is 4.74 Å². The van der Waals surface area contributed by atoms with Crippen LogP contribution in [0.2, 0.25) is 0 Å². The van der Waals surface area contributed by atoms with Crippen molar-refractivity contribution in [2.45, 2.75) is 25.4 Å². The summed E-state index contributed by atoms with van der Waals surface area (Å²) in [6, 6.07) is 0. The Labute approximate surface area is 59.4 Å². The van der Waals surface area contributed by atoms with E-state index in [9.17, 15) is 9.59 Å². The molecule has 1 saturated heterocycles. The van der Waals surface area contributed by atoms with Crippen LogP contribution in [0.5, 0.6) is 0 Å². The second-order valence-electron chi connectivity index (χ2n) is 2.34. The first kappa shape index (κ1) is 7.41. The molecule has 0 saturated carbocycles. The molecule has 0 N–H and O–H groups in total. The van der Waals surface area contributed by atoms with Crippen LogP contribution in [-0.2, 0) is 14.3 Å². The summed E-state index contributed by atoms with van der Waals surface area (Å²) in [6.45, 7) is 0.662. The molecule has 1 heterocycles. The molecule has 0 aromatic carbocycles. The number of hydrogen-bond acceptors (Lipinski definition) is 3. The maximum atomic E-state index is 10.9. The molecular weight excluding hydrogens is 132 g/mol. The highest BCUT2D eigenvalue weighted by atomic mass is 16.5. The van der Waals surface area contributed by atoms with Crippen LogP contribution in [0.3, 0.4) is 0 Å². The van der Waals surface area contributed by atoms with E-state index in [2.05, 4.69) is 0 Å². The smallest absolute Gasteiger partial charge is 0.168 e. The standard InChI is InChI=1S/C7H10O3/c8-4-3-6(9)7-2-1-5-10-7/h4,7H,1-3,5H2. The SMILES string of the molecule is O=CCC(=O)C1CCCO1. The highest BCUT2D eigenvalue weighted by Crippen LogP contribution is 2.13. The summed E-state index contributed by atoms with van der Waals surface area (Å²) in [5, 5.41) is 0. The summed E-state index contributed by atoms with van der Waals surface area (Å²) in [7, 11) is 0. The van der Waals surface area contributed by atoms with Crippen molar-refractivity contribution in [1.29, 1.82) is 0 Å². The monoisotopic (exact) mass is 142 g/mol. The molecule has 0 bridgehead atoms. The highest BCUT2D eigenvalue weighted by molar-refractivity contribution is 5.92. The van der Waals surface area contributed by atoms with Gasteiger partial charge in [-0.15, -0.1) is 0 Å². The van der Waals surface area contributed by atoms with E-state index >= 15 is 0 Å². The van der Waals surface area contributed by atoms with Crippen molar-refractivity contribution >= 4 is 12.1 Å². The number of carbonyl (C=O) groups is 2. The number of carbonyl (C=O) groups excluding carboxylic acids is 2. The quantitative estimate of drug-likeness (QED) is 0.421. The van der Waals surface area contributed by atoms with E-state index in [1.807, 2.05) is 0 Å². The molecule has 1 rings (SSSR count). The van der Waals surface area contributed by atoms with Crippen LogP contribution in [0.1, 0.15) is 19.3 Å². The molecule has 3 heteroatoms.